The zero-order valence-corrected chi connectivity index (χ0v) is 18.7. The Hall–Kier alpha value is -3.31. The molecule has 1 amide bonds. The summed E-state index contributed by atoms with van der Waals surface area (Å²) in [6, 6.07) is 21.9. The van der Waals surface area contributed by atoms with Gasteiger partial charge in [-0.05, 0) is 41.5 Å². The summed E-state index contributed by atoms with van der Waals surface area (Å²) in [5.74, 6) is 0.232. The first-order valence-corrected chi connectivity index (χ1v) is 11.4. The van der Waals surface area contributed by atoms with Crippen molar-refractivity contribution in [3.05, 3.63) is 88.1 Å². The number of amides is 1. The zero-order chi connectivity index (χ0) is 21.8. The van der Waals surface area contributed by atoms with Gasteiger partial charge in [-0.1, -0.05) is 69.3 Å². The number of carbonyl (C=O) groups excluding carboxylic acids is 1. The van der Waals surface area contributed by atoms with Gasteiger partial charge in [-0.2, -0.15) is 5.10 Å². The van der Waals surface area contributed by atoms with Crippen LogP contribution in [-0.4, -0.2) is 16.6 Å². The Morgan fingerprint density at radius 2 is 1.84 bits per heavy atom. The fourth-order valence-electron chi connectivity index (χ4n) is 3.48. The van der Waals surface area contributed by atoms with Crippen molar-refractivity contribution in [1.29, 1.82) is 0 Å². The standard InChI is InChI=1S/C26H25N3OS/c1-4-22(25-10-7-15-31-25)28-29-26(30)21-16-24(27-23-9-6-5-8-20(21)23)19-13-11-18(12-14-19)17(2)3/h5-17H,4H2,1-3H3,(H,29,30)/b28-22-. The molecule has 4 rings (SSSR count). The maximum absolute atomic E-state index is 13.1. The highest BCUT2D eigenvalue weighted by Crippen LogP contribution is 2.26. The molecule has 5 heteroatoms. The number of nitrogens with one attached hydrogen (secondary N) is 1. The number of nitrogens with zero attached hydrogens (tertiary/aromatic N) is 2. The molecule has 0 saturated carbocycles. The minimum Gasteiger partial charge on any atom is -0.267 e. The third-order valence-corrected chi connectivity index (χ3v) is 6.19. The molecule has 0 spiro atoms. The Bertz CT molecular complexity index is 1230. The molecule has 0 atom stereocenters. The molecular weight excluding hydrogens is 402 g/mol. The predicted octanol–water partition coefficient (Wildman–Crippen LogP) is 6.63. The van der Waals surface area contributed by atoms with Crippen molar-refractivity contribution in [1.82, 2.24) is 10.4 Å². The number of carbonyl (C=O) groups is 1. The maximum Gasteiger partial charge on any atom is 0.272 e. The molecule has 0 aliphatic rings. The van der Waals surface area contributed by atoms with E-state index < -0.39 is 0 Å². The summed E-state index contributed by atoms with van der Waals surface area (Å²) in [5, 5.41) is 7.23. The second-order valence-corrected chi connectivity index (χ2v) is 8.63. The summed E-state index contributed by atoms with van der Waals surface area (Å²) in [6.45, 7) is 6.38. The lowest BCUT2D eigenvalue weighted by atomic mass is 9.99. The van der Waals surface area contributed by atoms with E-state index in [-0.39, 0.29) is 5.91 Å². The fraction of sp³-hybridized carbons (Fsp3) is 0.192. The van der Waals surface area contributed by atoms with Crippen LogP contribution in [0.2, 0.25) is 0 Å². The molecule has 0 bridgehead atoms. The topological polar surface area (TPSA) is 54.4 Å². The number of benzene rings is 2. The van der Waals surface area contributed by atoms with Gasteiger partial charge in [-0.15, -0.1) is 11.3 Å². The minimum absolute atomic E-state index is 0.235. The molecule has 31 heavy (non-hydrogen) atoms. The average Bonchev–Trinajstić information content (AvgIpc) is 3.33. The maximum atomic E-state index is 13.1. The van der Waals surface area contributed by atoms with Gasteiger partial charge in [0, 0.05) is 10.9 Å². The van der Waals surface area contributed by atoms with Crippen LogP contribution in [-0.2, 0) is 0 Å². The van der Waals surface area contributed by atoms with E-state index in [1.54, 1.807) is 11.3 Å². The summed E-state index contributed by atoms with van der Waals surface area (Å²) >= 11 is 1.62. The van der Waals surface area contributed by atoms with Crippen molar-refractivity contribution in [3.63, 3.8) is 0 Å². The molecule has 4 nitrogen and oxygen atoms in total. The second-order valence-electron chi connectivity index (χ2n) is 7.68. The molecule has 0 radical (unpaired) electrons. The van der Waals surface area contributed by atoms with E-state index in [4.69, 9.17) is 4.98 Å². The van der Waals surface area contributed by atoms with E-state index in [1.165, 1.54) is 5.56 Å². The van der Waals surface area contributed by atoms with Crippen LogP contribution in [0, 0.1) is 0 Å². The van der Waals surface area contributed by atoms with Gasteiger partial charge in [0.05, 0.1) is 27.4 Å². The first kappa shape index (κ1) is 20.9. The second kappa shape index (κ2) is 9.23. The molecule has 4 aromatic rings. The first-order valence-electron chi connectivity index (χ1n) is 10.5. The van der Waals surface area contributed by atoms with Crippen molar-refractivity contribution < 1.29 is 4.79 Å². The highest BCUT2D eigenvalue weighted by Gasteiger charge is 2.14. The molecule has 0 aliphatic carbocycles. The Labute approximate surface area is 186 Å². The molecule has 156 valence electrons. The largest absolute Gasteiger partial charge is 0.272 e. The van der Waals surface area contributed by atoms with Crippen LogP contribution in [0.3, 0.4) is 0 Å². The Morgan fingerprint density at radius 3 is 2.52 bits per heavy atom. The molecule has 0 saturated heterocycles. The number of hydrogen-bond donors (Lipinski definition) is 1. The lowest BCUT2D eigenvalue weighted by molar-refractivity contribution is 0.0956. The number of para-hydroxylation sites is 1. The smallest absolute Gasteiger partial charge is 0.267 e. The van der Waals surface area contributed by atoms with E-state index in [0.29, 0.717) is 11.5 Å². The van der Waals surface area contributed by atoms with Crippen LogP contribution in [0.4, 0.5) is 0 Å². The number of aromatic nitrogens is 1. The van der Waals surface area contributed by atoms with Crippen molar-refractivity contribution in [3.8, 4) is 11.3 Å². The Kier molecular flexibility index (Phi) is 6.23. The molecule has 0 aliphatic heterocycles. The highest BCUT2D eigenvalue weighted by molar-refractivity contribution is 7.12. The van der Waals surface area contributed by atoms with Crippen molar-refractivity contribution in [2.45, 2.75) is 33.1 Å². The third kappa shape index (κ3) is 4.57. The predicted molar refractivity (Wildman–Crippen MR) is 130 cm³/mol. The quantitative estimate of drug-likeness (QED) is 0.277. The summed E-state index contributed by atoms with van der Waals surface area (Å²) in [5.41, 5.74) is 8.02. The number of pyridine rings is 1. The lowest BCUT2D eigenvalue weighted by Crippen LogP contribution is -2.20. The van der Waals surface area contributed by atoms with Gasteiger partial charge < -0.3 is 0 Å². The van der Waals surface area contributed by atoms with Crippen molar-refractivity contribution in [2.75, 3.05) is 0 Å². The number of thiophene rings is 1. The van der Waals surface area contributed by atoms with Gasteiger partial charge >= 0.3 is 0 Å². The Morgan fingerprint density at radius 1 is 1.06 bits per heavy atom. The normalized spacial score (nSPS) is 11.8. The van der Waals surface area contributed by atoms with Gasteiger partial charge in [0.15, 0.2) is 0 Å². The van der Waals surface area contributed by atoms with Gasteiger partial charge in [-0.25, -0.2) is 10.4 Å². The molecule has 2 aromatic heterocycles. The van der Waals surface area contributed by atoms with E-state index in [0.717, 1.165) is 39.2 Å². The van der Waals surface area contributed by atoms with Crippen LogP contribution in [0.5, 0.6) is 0 Å². The number of fused-ring (bicyclic) bond motifs is 1. The van der Waals surface area contributed by atoms with Crippen molar-refractivity contribution in [2.24, 2.45) is 5.10 Å². The molecule has 0 fully saturated rings. The van der Waals surface area contributed by atoms with Gasteiger partial charge in [-0.3, -0.25) is 4.79 Å². The SMILES string of the molecule is CC/C(=N/NC(=O)c1cc(-c2ccc(C(C)C)cc2)nc2ccccc12)c1cccs1. The van der Waals surface area contributed by atoms with Gasteiger partial charge in [0.2, 0.25) is 0 Å². The number of hydrogen-bond acceptors (Lipinski definition) is 4. The van der Waals surface area contributed by atoms with E-state index in [9.17, 15) is 4.79 Å². The van der Waals surface area contributed by atoms with Gasteiger partial charge in [0.1, 0.15) is 0 Å². The van der Waals surface area contributed by atoms with Crippen LogP contribution in [0.15, 0.2) is 77.2 Å². The van der Waals surface area contributed by atoms with E-state index in [2.05, 4.69) is 48.6 Å². The average molecular weight is 428 g/mol. The van der Waals surface area contributed by atoms with Crippen LogP contribution in [0.1, 0.15) is 53.9 Å². The lowest BCUT2D eigenvalue weighted by Gasteiger charge is -2.11. The molecule has 0 unspecified atom stereocenters. The number of rotatable bonds is 6. The first-order chi connectivity index (χ1) is 15.1. The van der Waals surface area contributed by atoms with Crippen LogP contribution < -0.4 is 5.43 Å². The summed E-state index contributed by atoms with van der Waals surface area (Å²) in [7, 11) is 0. The third-order valence-electron chi connectivity index (χ3n) is 5.27. The van der Waals surface area contributed by atoms with Gasteiger partial charge in [0.25, 0.3) is 5.91 Å². The monoisotopic (exact) mass is 427 g/mol. The van der Waals surface area contributed by atoms with E-state index in [1.807, 2.05) is 54.8 Å². The fourth-order valence-corrected chi connectivity index (χ4v) is 4.27. The Balaban J connectivity index is 1.72. The number of hydrazone groups is 1. The van der Waals surface area contributed by atoms with Crippen LogP contribution in [0.25, 0.3) is 22.2 Å². The molecular formula is C26H25N3OS. The summed E-state index contributed by atoms with van der Waals surface area (Å²) in [4.78, 5) is 19.0. The van der Waals surface area contributed by atoms with Crippen molar-refractivity contribution >= 4 is 33.9 Å². The summed E-state index contributed by atoms with van der Waals surface area (Å²) < 4.78 is 0. The highest BCUT2D eigenvalue weighted by atomic mass is 32.1. The minimum atomic E-state index is -0.235. The van der Waals surface area contributed by atoms with E-state index >= 15 is 0 Å². The summed E-state index contributed by atoms with van der Waals surface area (Å²) in [6.07, 6.45) is 0.741. The van der Waals surface area contributed by atoms with Crippen LogP contribution >= 0.6 is 11.3 Å². The molecule has 2 aromatic carbocycles. The molecule has 2 heterocycles. The zero-order valence-electron chi connectivity index (χ0n) is 17.9. The molecule has 1 N–H and O–H groups in total.